The minimum Gasteiger partial charge on any atom is -0.481 e. The molecule has 0 aromatic heterocycles. The number of aliphatic carboxylic acids is 1. The van der Waals surface area contributed by atoms with Gasteiger partial charge in [0.2, 0.25) is 5.91 Å². The second-order valence-electron chi connectivity index (χ2n) is 7.75. The van der Waals surface area contributed by atoms with Crippen molar-refractivity contribution in [3.8, 4) is 0 Å². The summed E-state index contributed by atoms with van der Waals surface area (Å²) >= 11 is 0. The van der Waals surface area contributed by atoms with Crippen LogP contribution in [0.15, 0.2) is 30.3 Å². The molecule has 2 aliphatic rings. The first-order valence-electron chi connectivity index (χ1n) is 9.27. The number of nitrogens with zero attached hydrogens (tertiary/aromatic N) is 1. The lowest BCUT2D eigenvalue weighted by atomic mass is 9.79. The van der Waals surface area contributed by atoms with Crippen LogP contribution in [0.2, 0.25) is 0 Å². The average molecular weight is 344 g/mol. The van der Waals surface area contributed by atoms with Crippen LogP contribution in [0.5, 0.6) is 0 Å². The molecule has 5 nitrogen and oxygen atoms in total. The summed E-state index contributed by atoms with van der Waals surface area (Å²) in [4.78, 5) is 25.6. The molecule has 1 aliphatic heterocycles. The van der Waals surface area contributed by atoms with Gasteiger partial charge in [-0.1, -0.05) is 50.1 Å². The molecule has 1 amide bonds. The van der Waals surface area contributed by atoms with Crippen molar-refractivity contribution < 1.29 is 14.7 Å². The lowest BCUT2D eigenvalue weighted by Crippen LogP contribution is -2.43. The maximum absolute atomic E-state index is 12.4. The Balaban J connectivity index is 1.55. The molecule has 0 spiro atoms. The van der Waals surface area contributed by atoms with Crippen LogP contribution in [0, 0.1) is 11.8 Å². The highest BCUT2D eigenvalue weighted by molar-refractivity contribution is 5.78. The van der Waals surface area contributed by atoms with Crippen molar-refractivity contribution in [2.45, 2.75) is 38.0 Å². The van der Waals surface area contributed by atoms with Crippen molar-refractivity contribution in [2.24, 2.45) is 11.8 Å². The molecule has 1 aromatic carbocycles. The highest BCUT2D eigenvalue weighted by atomic mass is 16.4. The van der Waals surface area contributed by atoms with Crippen molar-refractivity contribution in [2.75, 3.05) is 26.2 Å². The Bertz CT molecular complexity index is 611. The molecule has 0 bridgehead atoms. The van der Waals surface area contributed by atoms with E-state index in [0.717, 1.165) is 12.8 Å². The number of carboxylic acid groups (broad SMARTS) is 1. The van der Waals surface area contributed by atoms with E-state index in [9.17, 15) is 14.7 Å². The molecule has 2 atom stereocenters. The lowest BCUT2D eigenvalue weighted by molar-refractivity contribution is -0.142. The zero-order valence-electron chi connectivity index (χ0n) is 14.9. The molecule has 0 unspecified atom stereocenters. The maximum atomic E-state index is 12.4. The van der Waals surface area contributed by atoms with Gasteiger partial charge in [-0.3, -0.25) is 14.5 Å². The van der Waals surface area contributed by atoms with Gasteiger partial charge in [0, 0.05) is 25.0 Å². The van der Waals surface area contributed by atoms with E-state index < -0.39 is 5.97 Å². The normalized spacial score (nSPS) is 25.8. The Hall–Kier alpha value is -1.88. The number of likely N-dealkylation sites (tertiary alicyclic amines) is 1. The van der Waals surface area contributed by atoms with E-state index in [1.165, 1.54) is 18.4 Å². The summed E-state index contributed by atoms with van der Waals surface area (Å²) in [5, 5.41) is 12.3. The van der Waals surface area contributed by atoms with Crippen LogP contribution >= 0.6 is 0 Å². The van der Waals surface area contributed by atoms with Crippen LogP contribution in [-0.4, -0.2) is 48.1 Å². The Morgan fingerprint density at radius 3 is 2.48 bits per heavy atom. The van der Waals surface area contributed by atoms with Gasteiger partial charge >= 0.3 is 5.97 Å². The second kappa shape index (κ2) is 7.56. The summed E-state index contributed by atoms with van der Waals surface area (Å²) in [5.41, 5.74) is 1.37. The third kappa shape index (κ3) is 4.03. The zero-order valence-corrected chi connectivity index (χ0v) is 14.9. The van der Waals surface area contributed by atoms with Gasteiger partial charge in [0.15, 0.2) is 0 Å². The molecule has 2 N–H and O–H groups in total. The van der Waals surface area contributed by atoms with E-state index in [0.29, 0.717) is 26.2 Å². The molecule has 0 radical (unpaired) electrons. The van der Waals surface area contributed by atoms with Crippen LogP contribution in [0.1, 0.15) is 38.2 Å². The molecule has 1 heterocycles. The molecule has 1 saturated heterocycles. The van der Waals surface area contributed by atoms with Gasteiger partial charge in [0.25, 0.3) is 0 Å². The van der Waals surface area contributed by atoms with Crippen molar-refractivity contribution in [1.82, 2.24) is 10.2 Å². The molecule has 5 heteroatoms. The minimum absolute atomic E-state index is 0.000412. The number of benzene rings is 1. The molecule has 1 aliphatic carbocycles. The van der Waals surface area contributed by atoms with Crippen LogP contribution < -0.4 is 5.32 Å². The number of carboxylic acids is 1. The molecule has 136 valence electrons. The molecular formula is C20H28N2O3. The van der Waals surface area contributed by atoms with Gasteiger partial charge in [-0.05, 0) is 24.3 Å². The fourth-order valence-corrected chi connectivity index (χ4v) is 4.46. The molecule has 1 aromatic rings. The van der Waals surface area contributed by atoms with Crippen LogP contribution in [0.3, 0.4) is 0 Å². The maximum Gasteiger partial charge on any atom is 0.308 e. The van der Waals surface area contributed by atoms with Gasteiger partial charge in [-0.25, -0.2) is 0 Å². The van der Waals surface area contributed by atoms with E-state index in [1.54, 1.807) is 0 Å². The summed E-state index contributed by atoms with van der Waals surface area (Å²) < 4.78 is 0. The molecule has 1 saturated carbocycles. The fourth-order valence-electron chi connectivity index (χ4n) is 4.46. The minimum atomic E-state index is -0.760. The Morgan fingerprint density at radius 2 is 1.88 bits per heavy atom. The largest absolute Gasteiger partial charge is 0.481 e. The number of nitrogens with one attached hydrogen (secondary N) is 1. The van der Waals surface area contributed by atoms with Crippen molar-refractivity contribution in [1.29, 1.82) is 0 Å². The van der Waals surface area contributed by atoms with Crippen LogP contribution in [-0.2, 0) is 15.0 Å². The zero-order chi connectivity index (χ0) is 17.9. The monoisotopic (exact) mass is 344 g/mol. The molecular weight excluding hydrogens is 316 g/mol. The number of hydrogen-bond acceptors (Lipinski definition) is 3. The average Bonchev–Trinajstić information content (AvgIpc) is 3.21. The predicted octanol–water partition coefficient (Wildman–Crippen LogP) is 2.27. The summed E-state index contributed by atoms with van der Waals surface area (Å²) in [6, 6.07) is 10.5. The number of rotatable bonds is 6. The van der Waals surface area contributed by atoms with Crippen LogP contribution in [0.4, 0.5) is 0 Å². The molecule has 2 fully saturated rings. The van der Waals surface area contributed by atoms with Crippen molar-refractivity contribution in [3.63, 3.8) is 0 Å². The standard InChI is InChI=1S/C20H28N2O3/c1-15-11-22(12-17(15)19(24)25)13-18(23)21-14-20(9-5-6-10-20)16-7-3-2-4-8-16/h2-4,7-8,15,17H,5-6,9-14H2,1H3,(H,21,23)(H,24,25)/t15-,17-/m1/s1. The highest BCUT2D eigenvalue weighted by Crippen LogP contribution is 2.40. The summed E-state index contributed by atoms with van der Waals surface area (Å²) in [7, 11) is 0. The first kappa shape index (κ1) is 17.9. The van der Waals surface area contributed by atoms with Crippen molar-refractivity contribution in [3.05, 3.63) is 35.9 Å². The number of amides is 1. The van der Waals surface area contributed by atoms with Gasteiger partial charge in [-0.2, -0.15) is 0 Å². The topological polar surface area (TPSA) is 69.6 Å². The summed E-state index contributed by atoms with van der Waals surface area (Å²) in [6.45, 7) is 4.04. The fraction of sp³-hybridized carbons (Fsp3) is 0.600. The third-order valence-corrected chi connectivity index (χ3v) is 5.94. The van der Waals surface area contributed by atoms with E-state index in [-0.39, 0.29) is 23.2 Å². The smallest absolute Gasteiger partial charge is 0.308 e. The Kier molecular flexibility index (Phi) is 5.42. The van der Waals surface area contributed by atoms with Gasteiger partial charge in [-0.15, -0.1) is 0 Å². The Labute approximate surface area is 149 Å². The molecule has 25 heavy (non-hydrogen) atoms. The second-order valence-corrected chi connectivity index (χ2v) is 7.75. The summed E-state index contributed by atoms with van der Waals surface area (Å²) in [6.07, 6.45) is 4.63. The number of carbonyl (C=O) groups excluding carboxylic acids is 1. The molecule has 3 rings (SSSR count). The van der Waals surface area contributed by atoms with E-state index >= 15 is 0 Å². The van der Waals surface area contributed by atoms with E-state index in [2.05, 4.69) is 29.6 Å². The summed E-state index contributed by atoms with van der Waals surface area (Å²) in [5.74, 6) is -1.03. The van der Waals surface area contributed by atoms with Gasteiger partial charge in [0.05, 0.1) is 12.5 Å². The Morgan fingerprint density at radius 1 is 1.20 bits per heavy atom. The number of hydrogen-bond donors (Lipinski definition) is 2. The van der Waals surface area contributed by atoms with E-state index in [4.69, 9.17) is 0 Å². The number of carbonyl (C=O) groups is 2. The first-order valence-corrected chi connectivity index (χ1v) is 9.27. The van der Waals surface area contributed by atoms with Gasteiger partial charge in [0.1, 0.15) is 0 Å². The highest BCUT2D eigenvalue weighted by Gasteiger charge is 2.37. The van der Waals surface area contributed by atoms with E-state index in [1.807, 2.05) is 17.9 Å². The van der Waals surface area contributed by atoms with Crippen LogP contribution in [0.25, 0.3) is 0 Å². The predicted molar refractivity (Wildman–Crippen MR) is 96.3 cm³/mol. The first-order chi connectivity index (χ1) is 12.0. The lowest BCUT2D eigenvalue weighted by Gasteiger charge is -2.30. The van der Waals surface area contributed by atoms with Crippen molar-refractivity contribution >= 4 is 11.9 Å². The SMILES string of the molecule is C[C@@H]1CN(CC(=O)NCC2(c3ccccc3)CCCC2)C[C@H]1C(=O)O. The third-order valence-electron chi connectivity index (χ3n) is 5.94. The quantitative estimate of drug-likeness (QED) is 0.831. The van der Waals surface area contributed by atoms with Gasteiger partial charge < -0.3 is 10.4 Å².